The lowest BCUT2D eigenvalue weighted by molar-refractivity contribution is 0.498. The third-order valence-corrected chi connectivity index (χ3v) is 3.27. The van der Waals surface area contributed by atoms with Crippen LogP contribution in [0.5, 0.6) is 0 Å². The van der Waals surface area contributed by atoms with E-state index in [0.29, 0.717) is 15.6 Å². The maximum atomic E-state index is 6.12. The van der Waals surface area contributed by atoms with E-state index in [4.69, 9.17) is 34.0 Å². The number of benzene rings is 1. The Morgan fingerprint density at radius 2 is 2.21 bits per heavy atom. The molecule has 0 saturated heterocycles. The second-order valence-electron chi connectivity index (χ2n) is 4.36. The molecule has 2 rings (SSSR count). The molecule has 0 aliphatic heterocycles. The molecule has 19 heavy (non-hydrogen) atoms. The van der Waals surface area contributed by atoms with Gasteiger partial charge in [0.2, 0.25) is 0 Å². The molecule has 1 atom stereocenters. The van der Waals surface area contributed by atoms with Gasteiger partial charge in [0.15, 0.2) is 0 Å². The molecule has 1 aromatic heterocycles. The second-order valence-corrected chi connectivity index (χ2v) is 5.20. The van der Waals surface area contributed by atoms with Crippen molar-refractivity contribution in [2.24, 2.45) is 5.73 Å². The first-order valence-corrected chi connectivity index (χ1v) is 6.74. The van der Waals surface area contributed by atoms with Crippen molar-refractivity contribution in [1.82, 2.24) is 0 Å². The summed E-state index contributed by atoms with van der Waals surface area (Å²) < 4.78 is 5.33. The number of nitrogens with one attached hydrogen (secondary N) is 1. The van der Waals surface area contributed by atoms with Gasteiger partial charge in [-0.1, -0.05) is 29.9 Å². The fourth-order valence-electron chi connectivity index (χ4n) is 1.94. The minimum absolute atomic E-state index is 0.178. The van der Waals surface area contributed by atoms with Crippen LogP contribution in [0.25, 0.3) is 0 Å². The standard InChI is InChI=1S/C14H15ClN2OS/c1-9(8-10-4-3-7-18-10)17-12-6-2-5-11(15)13(12)14(16)19/h2-7,9,17H,8H2,1H3,(H2,16,19). The Balaban J connectivity index is 2.14. The van der Waals surface area contributed by atoms with Crippen LogP contribution in [0, 0.1) is 0 Å². The van der Waals surface area contributed by atoms with Gasteiger partial charge >= 0.3 is 0 Å². The van der Waals surface area contributed by atoms with E-state index >= 15 is 0 Å². The van der Waals surface area contributed by atoms with Crippen molar-refractivity contribution < 1.29 is 4.42 Å². The SMILES string of the molecule is CC(Cc1ccco1)Nc1cccc(Cl)c1C(N)=S. The van der Waals surface area contributed by atoms with Gasteiger partial charge < -0.3 is 15.5 Å². The van der Waals surface area contributed by atoms with Crippen molar-refractivity contribution >= 4 is 34.5 Å². The summed E-state index contributed by atoms with van der Waals surface area (Å²) in [6.07, 6.45) is 2.44. The van der Waals surface area contributed by atoms with Gasteiger partial charge in [-0.05, 0) is 31.2 Å². The van der Waals surface area contributed by atoms with Crippen molar-refractivity contribution in [2.75, 3.05) is 5.32 Å². The number of rotatable bonds is 5. The lowest BCUT2D eigenvalue weighted by atomic mass is 10.1. The predicted octanol–water partition coefficient (Wildman–Crippen LogP) is 3.61. The van der Waals surface area contributed by atoms with Gasteiger partial charge in [0.1, 0.15) is 10.7 Å². The van der Waals surface area contributed by atoms with Crippen molar-refractivity contribution in [2.45, 2.75) is 19.4 Å². The number of furan rings is 1. The van der Waals surface area contributed by atoms with Crippen molar-refractivity contribution in [3.63, 3.8) is 0 Å². The number of thiocarbonyl (C=S) groups is 1. The number of hydrogen-bond donors (Lipinski definition) is 2. The Hall–Kier alpha value is -1.52. The van der Waals surface area contributed by atoms with Gasteiger partial charge in [-0.2, -0.15) is 0 Å². The predicted molar refractivity (Wildman–Crippen MR) is 82.8 cm³/mol. The molecule has 100 valence electrons. The highest BCUT2D eigenvalue weighted by Crippen LogP contribution is 2.25. The molecule has 3 N–H and O–H groups in total. The molecule has 0 amide bonds. The van der Waals surface area contributed by atoms with Crippen LogP contribution in [0.2, 0.25) is 5.02 Å². The van der Waals surface area contributed by atoms with Crippen LogP contribution in [0.1, 0.15) is 18.2 Å². The zero-order valence-corrected chi connectivity index (χ0v) is 12.1. The molecule has 3 nitrogen and oxygen atoms in total. The third kappa shape index (κ3) is 3.49. The minimum Gasteiger partial charge on any atom is -0.469 e. The largest absolute Gasteiger partial charge is 0.469 e. The number of anilines is 1. The zero-order chi connectivity index (χ0) is 13.8. The van der Waals surface area contributed by atoms with E-state index in [2.05, 4.69) is 12.2 Å². The monoisotopic (exact) mass is 294 g/mol. The average Bonchev–Trinajstić information content (AvgIpc) is 2.81. The van der Waals surface area contributed by atoms with Crippen LogP contribution >= 0.6 is 23.8 Å². The first-order valence-electron chi connectivity index (χ1n) is 5.95. The molecule has 0 aliphatic rings. The van der Waals surface area contributed by atoms with E-state index in [-0.39, 0.29) is 6.04 Å². The number of nitrogens with two attached hydrogens (primary N) is 1. The molecule has 0 saturated carbocycles. The topological polar surface area (TPSA) is 51.2 Å². The van der Waals surface area contributed by atoms with Gasteiger partial charge in [-0.3, -0.25) is 0 Å². The van der Waals surface area contributed by atoms with E-state index in [0.717, 1.165) is 17.9 Å². The van der Waals surface area contributed by atoms with Gasteiger partial charge in [0.25, 0.3) is 0 Å². The first kappa shape index (κ1) is 13.9. The molecule has 0 fully saturated rings. The molecule has 1 heterocycles. The zero-order valence-electron chi connectivity index (χ0n) is 10.5. The highest BCUT2D eigenvalue weighted by Gasteiger charge is 2.12. The van der Waals surface area contributed by atoms with Crippen LogP contribution in [-0.4, -0.2) is 11.0 Å². The smallest absolute Gasteiger partial charge is 0.107 e. The van der Waals surface area contributed by atoms with Crippen molar-refractivity contribution in [1.29, 1.82) is 0 Å². The van der Waals surface area contributed by atoms with Crippen molar-refractivity contribution in [3.8, 4) is 0 Å². The summed E-state index contributed by atoms with van der Waals surface area (Å²) in [5, 5.41) is 3.92. The molecule has 2 aromatic rings. The molecule has 0 radical (unpaired) electrons. The summed E-state index contributed by atoms with van der Waals surface area (Å²) in [4.78, 5) is 0.290. The molecule has 0 aliphatic carbocycles. The van der Waals surface area contributed by atoms with Gasteiger partial charge in [-0.15, -0.1) is 0 Å². The molecule has 1 aromatic carbocycles. The van der Waals surface area contributed by atoms with Crippen LogP contribution < -0.4 is 11.1 Å². The maximum absolute atomic E-state index is 6.12. The lowest BCUT2D eigenvalue weighted by Crippen LogP contribution is -2.21. The Kier molecular flexibility index (Phi) is 4.45. The Bertz CT molecular complexity index is 569. The highest BCUT2D eigenvalue weighted by atomic mass is 35.5. The molecule has 5 heteroatoms. The second kappa shape index (κ2) is 6.08. The van der Waals surface area contributed by atoms with Crippen LogP contribution in [0.4, 0.5) is 5.69 Å². The van der Waals surface area contributed by atoms with E-state index in [9.17, 15) is 0 Å². The summed E-state index contributed by atoms with van der Waals surface area (Å²) in [6.45, 7) is 2.06. The normalized spacial score (nSPS) is 12.1. The highest BCUT2D eigenvalue weighted by molar-refractivity contribution is 7.80. The summed E-state index contributed by atoms with van der Waals surface area (Å²) in [5.74, 6) is 0.930. The summed E-state index contributed by atoms with van der Waals surface area (Å²) >= 11 is 11.2. The average molecular weight is 295 g/mol. The Morgan fingerprint density at radius 3 is 2.84 bits per heavy atom. The van der Waals surface area contributed by atoms with Gasteiger partial charge in [0, 0.05) is 18.2 Å². The minimum atomic E-state index is 0.178. The van der Waals surface area contributed by atoms with E-state index in [1.54, 1.807) is 12.3 Å². The molecule has 0 bridgehead atoms. The van der Waals surface area contributed by atoms with E-state index < -0.39 is 0 Å². The van der Waals surface area contributed by atoms with E-state index in [1.165, 1.54) is 0 Å². The van der Waals surface area contributed by atoms with Crippen LogP contribution in [0.15, 0.2) is 41.0 Å². The first-order chi connectivity index (χ1) is 9.08. The summed E-state index contributed by atoms with van der Waals surface area (Å²) in [6, 6.07) is 9.56. The summed E-state index contributed by atoms with van der Waals surface area (Å²) in [7, 11) is 0. The molecular formula is C14H15ClN2OS. The quantitative estimate of drug-likeness (QED) is 0.827. The fraction of sp³-hybridized carbons (Fsp3) is 0.214. The lowest BCUT2D eigenvalue weighted by Gasteiger charge is -2.17. The van der Waals surface area contributed by atoms with Crippen LogP contribution in [-0.2, 0) is 6.42 Å². The molecule has 1 unspecified atom stereocenters. The van der Waals surface area contributed by atoms with Crippen molar-refractivity contribution in [3.05, 3.63) is 52.9 Å². The number of halogens is 1. The van der Waals surface area contributed by atoms with Gasteiger partial charge in [-0.25, -0.2) is 0 Å². The maximum Gasteiger partial charge on any atom is 0.107 e. The third-order valence-electron chi connectivity index (χ3n) is 2.75. The fourth-order valence-corrected chi connectivity index (χ4v) is 2.49. The van der Waals surface area contributed by atoms with Crippen LogP contribution in [0.3, 0.4) is 0 Å². The van der Waals surface area contributed by atoms with E-state index in [1.807, 2.05) is 24.3 Å². The molecular weight excluding hydrogens is 280 g/mol. The Labute approximate surface area is 122 Å². The summed E-state index contributed by atoms with van der Waals surface area (Å²) in [5.41, 5.74) is 7.25. The molecule has 0 spiro atoms. The van der Waals surface area contributed by atoms with Gasteiger partial charge in [0.05, 0.1) is 16.8 Å². The number of hydrogen-bond acceptors (Lipinski definition) is 3. The Morgan fingerprint density at radius 1 is 1.42 bits per heavy atom.